The fourth-order valence-electron chi connectivity index (χ4n) is 1.24. The van der Waals surface area contributed by atoms with Crippen molar-refractivity contribution in [3.63, 3.8) is 0 Å². The molecule has 0 amide bonds. The average Bonchev–Trinajstić information content (AvgIpc) is 2.22. The molecule has 0 spiro atoms. The molecule has 1 radical (unpaired) electrons. The van der Waals surface area contributed by atoms with Gasteiger partial charge in [-0.25, -0.2) is 0 Å². The zero-order valence-electron chi connectivity index (χ0n) is 8.40. The van der Waals surface area contributed by atoms with Crippen LogP contribution >= 0.6 is 0 Å². The van der Waals surface area contributed by atoms with E-state index in [1.165, 1.54) is 0 Å². The molecule has 0 fully saturated rings. The highest BCUT2D eigenvalue weighted by molar-refractivity contribution is 5.40. The minimum absolute atomic E-state index is 0.480. The first-order valence-electron chi connectivity index (χ1n) is 4.66. The molecule has 0 saturated heterocycles. The molecule has 3 heteroatoms. The summed E-state index contributed by atoms with van der Waals surface area (Å²) in [5, 5.41) is 0. The number of hydrogen-bond donors (Lipinski definition) is 0. The van der Waals surface area contributed by atoms with Crippen LogP contribution < -0.4 is 10.5 Å². The third-order valence-corrected chi connectivity index (χ3v) is 1.96. The quantitative estimate of drug-likeness (QED) is 0.746. The Morgan fingerprint density at radius 1 is 1.07 bits per heavy atom. The number of rotatable bonds is 2. The summed E-state index contributed by atoms with van der Waals surface area (Å²) >= 11 is 0. The summed E-state index contributed by atoms with van der Waals surface area (Å²) in [6.45, 7) is 1.92. The van der Waals surface area contributed by atoms with E-state index < -0.39 is 0 Å². The predicted molar refractivity (Wildman–Crippen MR) is 58.2 cm³/mol. The van der Waals surface area contributed by atoms with Gasteiger partial charge in [0, 0.05) is 18.0 Å². The van der Waals surface area contributed by atoms with Gasteiger partial charge in [-0.1, -0.05) is 0 Å². The Hall–Kier alpha value is -2.03. The van der Waals surface area contributed by atoms with Gasteiger partial charge in [-0.2, -0.15) is 0 Å². The van der Waals surface area contributed by atoms with Crippen molar-refractivity contribution in [3.8, 4) is 11.5 Å². The zero-order valence-corrected chi connectivity index (χ0v) is 8.40. The molecule has 0 saturated carbocycles. The molecule has 1 aromatic carbocycles. The molecule has 2 aromatic rings. The highest BCUT2D eigenvalue weighted by atomic mass is 16.5. The van der Waals surface area contributed by atoms with Crippen molar-refractivity contribution in [2.45, 2.75) is 6.92 Å². The maximum atomic E-state index is 7.34. The number of aromatic nitrogens is 1. The van der Waals surface area contributed by atoms with Crippen molar-refractivity contribution < 1.29 is 4.74 Å². The molecular formula is C12H11N2O. The van der Waals surface area contributed by atoms with E-state index in [1.807, 2.05) is 19.1 Å². The Kier molecular flexibility index (Phi) is 2.54. The fraction of sp³-hybridized carbons (Fsp3) is 0.0833. The Labute approximate surface area is 88.5 Å². The Balaban J connectivity index is 2.18. The highest BCUT2D eigenvalue weighted by Gasteiger charge is 1.97. The van der Waals surface area contributed by atoms with Crippen molar-refractivity contribution in [1.29, 1.82) is 0 Å². The molecule has 15 heavy (non-hydrogen) atoms. The molecule has 0 unspecified atom stereocenters. The number of benzene rings is 1. The van der Waals surface area contributed by atoms with Gasteiger partial charge in [0.05, 0.1) is 5.69 Å². The summed E-state index contributed by atoms with van der Waals surface area (Å²) in [4.78, 5) is 4.09. The highest BCUT2D eigenvalue weighted by Crippen LogP contribution is 2.22. The van der Waals surface area contributed by atoms with E-state index in [0.717, 1.165) is 17.2 Å². The van der Waals surface area contributed by atoms with Gasteiger partial charge in [-0.05, 0) is 37.3 Å². The number of nitrogens with one attached hydrogen (secondary N) is 1. The number of pyridine rings is 1. The molecule has 0 bridgehead atoms. The second kappa shape index (κ2) is 4.00. The zero-order chi connectivity index (χ0) is 10.7. The lowest BCUT2D eigenvalue weighted by Gasteiger charge is -2.05. The molecular weight excluding hydrogens is 188 g/mol. The number of hydrogen-bond acceptors (Lipinski definition) is 2. The van der Waals surface area contributed by atoms with Gasteiger partial charge in [0.15, 0.2) is 0 Å². The first-order valence-corrected chi connectivity index (χ1v) is 4.66. The van der Waals surface area contributed by atoms with Crippen molar-refractivity contribution >= 4 is 5.69 Å². The third-order valence-electron chi connectivity index (χ3n) is 1.96. The molecule has 1 aromatic heterocycles. The number of nitrogens with zero attached hydrogens (tertiary/aromatic N) is 1. The van der Waals surface area contributed by atoms with Gasteiger partial charge in [-0.3, -0.25) is 4.98 Å². The van der Waals surface area contributed by atoms with E-state index in [2.05, 4.69) is 4.98 Å². The van der Waals surface area contributed by atoms with E-state index in [0.29, 0.717) is 5.69 Å². The van der Waals surface area contributed by atoms with E-state index in [4.69, 9.17) is 10.5 Å². The Morgan fingerprint density at radius 3 is 2.47 bits per heavy atom. The van der Waals surface area contributed by atoms with Crippen LogP contribution in [0, 0.1) is 6.92 Å². The molecule has 1 heterocycles. The number of ether oxygens (including phenoxy) is 1. The van der Waals surface area contributed by atoms with Crippen LogP contribution in [0.3, 0.4) is 0 Å². The summed E-state index contributed by atoms with van der Waals surface area (Å²) in [6, 6.07) is 10.6. The van der Waals surface area contributed by atoms with Crippen LogP contribution in [0.15, 0.2) is 42.6 Å². The summed E-state index contributed by atoms with van der Waals surface area (Å²) in [6.07, 6.45) is 1.71. The monoisotopic (exact) mass is 199 g/mol. The van der Waals surface area contributed by atoms with Gasteiger partial charge < -0.3 is 10.5 Å². The lowest BCUT2D eigenvalue weighted by atomic mass is 10.3. The first-order chi connectivity index (χ1) is 7.24. The summed E-state index contributed by atoms with van der Waals surface area (Å²) in [5.74, 6) is 1.50. The van der Waals surface area contributed by atoms with Crippen LogP contribution in [0.5, 0.6) is 11.5 Å². The van der Waals surface area contributed by atoms with Gasteiger partial charge >= 0.3 is 0 Å². The summed E-state index contributed by atoms with van der Waals surface area (Å²) in [5.41, 5.74) is 8.74. The van der Waals surface area contributed by atoms with Crippen molar-refractivity contribution in [3.05, 3.63) is 48.3 Å². The van der Waals surface area contributed by atoms with Crippen LogP contribution in [-0.4, -0.2) is 4.98 Å². The van der Waals surface area contributed by atoms with Crippen LogP contribution in [0.4, 0.5) is 5.69 Å². The molecule has 0 aliphatic heterocycles. The SMILES string of the molecule is Cc1cc(Oc2ccc([NH])cc2)ccn1. The second-order valence-electron chi connectivity index (χ2n) is 3.26. The molecule has 0 aliphatic carbocycles. The topological polar surface area (TPSA) is 45.9 Å². The lowest BCUT2D eigenvalue weighted by Crippen LogP contribution is -1.86. The van der Waals surface area contributed by atoms with E-state index in [9.17, 15) is 0 Å². The van der Waals surface area contributed by atoms with Gasteiger partial charge in [0.1, 0.15) is 11.5 Å². The van der Waals surface area contributed by atoms with Crippen LogP contribution in [0.25, 0.3) is 0 Å². The second-order valence-corrected chi connectivity index (χ2v) is 3.26. The average molecular weight is 199 g/mol. The summed E-state index contributed by atoms with van der Waals surface area (Å²) in [7, 11) is 0. The predicted octanol–water partition coefficient (Wildman–Crippen LogP) is 3.10. The molecule has 3 nitrogen and oxygen atoms in total. The maximum Gasteiger partial charge on any atom is 0.130 e. The van der Waals surface area contributed by atoms with Crippen molar-refractivity contribution in [2.75, 3.05) is 0 Å². The standard InChI is InChI=1S/C12H11N2O/c1-9-8-12(6-7-14-9)15-11-4-2-10(13)3-5-11/h2-8,13H,1H3. The van der Waals surface area contributed by atoms with Gasteiger partial charge in [0.2, 0.25) is 0 Å². The van der Waals surface area contributed by atoms with Crippen LogP contribution in [0.2, 0.25) is 0 Å². The molecule has 2 rings (SSSR count). The lowest BCUT2D eigenvalue weighted by molar-refractivity contribution is 0.481. The minimum atomic E-state index is 0.480. The Morgan fingerprint density at radius 2 is 1.80 bits per heavy atom. The van der Waals surface area contributed by atoms with Crippen molar-refractivity contribution in [1.82, 2.24) is 10.7 Å². The van der Waals surface area contributed by atoms with Gasteiger partial charge in [-0.15, -0.1) is 0 Å². The maximum absolute atomic E-state index is 7.34. The van der Waals surface area contributed by atoms with E-state index >= 15 is 0 Å². The van der Waals surface area contributed by atoms with E-state index in [-0.39, 0.29) is 0 Å². The normalized spacial score (nSPS) is 9.93. The molecule has 1 N–H and O–H groups in total. The van der Waals surface area contributed by atoms with Crippen LogP contribution in [-0.2, 0) is 0 Å². The number of aryl methyl sites for hydroxylation is 1. The Bertz CT molecular complexity index is 451. The third kappa shape index (κ3) is 2.47. The largest absolute Gasteiger partial charge is 0.457 e. The molecule has 0 aliphatic rings. The van der Waals surface area contributed by atoms with E-state index in [1.54, 1.807) is 30.5 Å². The molecule has 75 valence electrons. The molecule has 0 atom stereocenters. The smallest absolute Gasteiger partial charge is 0.130 e. The fourth-order valence-corrected chi connectivity index (χ4v) is 1.24. The minimum Gasteiger partial charge on any atom is -0.457 e. The summed E-state index contributed by atoms with van der Waals surface area (Å²) < 4.78 is 5.59. The first kappa shape index (κ1) is 9.52. The van der Waals surface area contributed by atoms with Crippen molar-refractivity contribution in [2.24, 2.45) is 0 Å². The van der Waals surface area contributed by atoms with Gasteiger partial charge in [0.25, 0.3) is 0 Å². The van der Waals surface area contributed by atoms with Crippen LogP contribution in [0.1, 0.15) is 5.69 Å².